The molecule has 2 nitrogen and oxygen atoms in total. The second-order valence-electron chi connectivity index (χ2n) is 4.42. The summed E-state index contributed by atoms with van der Waals surface area (Å²) in [6.45, 7) is 4.62. The van der Waals surface area contributed by atoms with Crippen LogP contribution in [0, 0.1) is 5.41 Å². The monoisotopic (exact) mass is 157 g/mol. The smallest absolute Gasteiger partial charge is 0.0319 e. The minimum atomic E-state index is 0.344. The van der Waals surface area contributed by atoms with Crippen LogP contribution in [0.25, 0.3) is 0 Å². The topological polar surface area (TPSA) is 32.3 Å². The van der Waals surface area contributed by atoms with E-state index in [1.165, 1.54) is 19.3 Å². The molecule has 1 rings (SSSR count). The van der Waals surface area contributed by atoms with Crippen LogP contribution in [0.15, 0.2) is 0 Å². The van der Waals surface area contributed by atoms with Gasteiger partial charge in [-0.15, -0.1) is 0 Å². The molecule has 0 saturated heterocycles. The molecule has 1 saturated carbocycles. The van der Waals surface area contributed by atoms with Crippen molar-refractivity contribution in [2.75, 3.05) is 0 Å². The highest BCUT2D eigenvalue weighted by atomic mass is 16.5. The molecule has 0 aromatic rings. The van der Waals surface area contributed by atoms with E-state index in [-0.39, 0.29) is 0 Å². The van der Waals surface area contributed by atoms with Crippen molar-refractivity contribution in [3.05, 3.63) is 0 Å². The molecule has 0 amide bonds. The molecule has 0 bridgehead atoms. The van der Waals surface area contributed by atoms with Gasteiger partial charge in [0.1, 0.15) is 0 Å². The summed E-state index contributed by atoms with van der Waals surface area (Å²) in [5.74, 6) is 0. The van der Waals surface area contributed by atoms with E-state index in [1.807, 2.05) is 0 Å². The van der Waals surface area contributed by atoms with E-state index in [0.29, 0.717) is 11.5 Å². The molecule has 1 fully saturated rings. The minimum absolute atomic E-state index is 0.344. The first kappa shape index (κ1) is 9.01. The molecule has 11 heavy (non-hydrogen) atoms. The van der Waals surface area contributed by atoms with Gasteiger partial charge in [0, 0.05) is 6.04 Å². The average molecular weight is 157 g/mol. The summed E-state index contributed by atoms with van der Waals surface area (Å²) in [6, 6.07) is 0.344. The second kappa shape index (κ2) is 3.55. The Kier molecular flexibility index (Phi) is 2.90. The lowest BCUT2D eigenvalue weighted by atomic mass is 9.85. The van der Waals surface area contributed by atoms with E-state index in [1.54, 1.807) is 0 Å². The number of hydrogen-bond donors (Lipinski definition) is 2. The molecule has 0 aliphatic heterocycles. The Morgan fingerprint density at radius 3 is 2.64 bits per heavy atom. The number of rotatable bonds is 1. The normalized spacial score (nSPS) is 31.4. The third-order valence-electron chi connectivity index (χ3n) is 2.76. The van der Waals surface area contributed by atoms with E-state index in [2.05, 4.69) is 19.3 Å². The van der Waals surface area contributed by atoms with E-state index in [0.717, 1.165) is 12.8 Å². The minimum Gasteiger partial charge on any atom is -0.317 e. The largest absolute Gasteiger partial charge is 0.317 e. The van der Waals surface area contributed by atoms with Crippen LogP contribution in [0.2, 0.25) is 0 Å². The molecule has 1 unspecified atom stereocenters. The SMILES string of the molecule is CC1(C)CCCC(NO)CC1. The van der Waals surface area contributed by atoms with Crippen molar-refractivity contribution in [2.45, 2.75) is 52.0 Å². The van der Waals surface area contributed by atoms with Crippen LogP contribution in [-0.2, 0) is 0 Å². The first-order chi connectivity index (χ1) is 5.14. The zero-order chi connectivity index (χ0) is 8.32. The first-order valence-electron chi connectivity index (χ1n) is 4.54. The quantitative estimate of drug-likeness (QED) is 0.452. The van der Waals surface area contributed by atoms with E-state index in [9.17, 15) is 0 Å². The maximum Gasteiger partial charge on any atom is 0.0319 e. The molecule has 0 spiro atoms. The Morgan fingerprint density at radius 1 is 1.27 bits per heavy atom. The van der Waals surface area contributed by atoms with Crippen molar-refractivity contribution in [3.63, 3.8) is 0 Å². The molecule has 1 aliphatic carbocycles. The molecule has 0 heterocycles. The zero-order valence-corrected chi connectivity index (χ0v) is 7.56. The third-order valence-corrected chi connectivity index (χ3v) is 2.76. The van der Waals surface area contributed by atoms with Gasteiger partial charge in [0.05, 0.1) is 0 Å². The fourth-order valence-electron chi connectivity index (χ4n) is 1.79. The Balaban J connectivity index is 2.39. The van der Waals surface area contributed by atoms with Crippen LogP contribution in [0.5, 0.6) is 0 Å². The fourth-order valence-corrected chi connectivity index (χ4v) is 1.79. The Hall–Kier alpha value is -0.0800. The summed E-state index contributed by atoms with van der Waals surface area (Å²) in [5.41, 5.74) is 2.87. The lowest BCUT2D eigenvalue weighted by molar-refractivity contribution is 0.117. The molecule has 2 heteroatoms. The number of nitrogens with one attached hydrogen (secondary N) is 1. The van der Waals surface area contributed by atoms with E-state index < -0.39 is 0 Å². The molecule has 0 radical (unpaired) electrons. The molecular formula is C9H19NO. The summed E-state index contributed by atoms with van der Waals surface area (Å²) >= 11 is 0. The van der Waals surface area contributed by atoms with Crippen molar-refractivity contribution in [1.29, 1.82) is 0 Å². The molecule has 66 valence electrons. The van der Waals surface area contributed by atoms with Gasteiger partial charge in [0.2, 0.25) is 0 Å². The maximum atomic E-state index is 8.74. The van der Waals surface area contributed by atoms with Gasteiger partial charge in [-0.05, 0) is 31.1 Å². The molecule has 0 aromatic heterocycles. The Labute approximate surface area is 69.0 Å². The van der Waals surface area contributed by atoms with Crippen LogP contribution >= 0.6 is 0 Å². The third kappa shape index (κ3) is 2.80. The van der Waals surface area contributed by atoms with Gasteiger partial charge in [0.15, 0.2) is 0 Å². The van der Waals surface area contributed by atoms with Crippen molar-refractivity contribution in [1.82, 2.24) is 5.48 Å². The van der Waals surface area contributed by atoms with Crippen LogP contribution in [0.1, 0.15) is 46.0 Å². The highest BCUT2D eigenvalue weighted by Crippen LogP contribution is 2.33. The highest BCUT2D eigenvalue weighted by molar-refractivity contribution is 4.77. The summed E-state index contributed by atoms with van der Waals surface area (Å²) in [7, 11) is 0. The molecule has 1 atom stereocenters. The maximum absolute atomic E-state index is 8.74. The van der Waals surface area contributed by atoms with Crippen molar-refractivity contribution < 1.29 is 5.21 Å². The van der Waals surface area contributed by atoms with E-state index in [4.69, 9.17) is 5.21 Å². The van der Waals surface area contributed by atoms with Crippen molar-refractivity contribution in [3.8, 4) is 0 Å². The molecule has 2 N–H and O–H groups in total. The van der Waals surface area contributed by atoms with Gasteiger partial charge in [-0.25, -0.2) is 5.48 Å². The summed E-state index contributed by atoms with van der Waals surface area (Å²) in [6.07, 6.45) is 6.01. The van der Waals surface area contributed by atoms with Crippen LogP contribution < -0.4 is 5.48 Å². The lowest BCUT2D eigenvalue weighted by Gasteiger charge is -2.21. The molecule has 1 aliphatic rings. The first-order valence-corrected chi connectivity index (χ1v) is 4.54. The summed E-state index contributed by atoms with van der Waals surface area (Å²) < 4.78 is 0. The zero-order valence-electron chi connectivity index (χ0n) is 7.56. The van der Waals surface area contributed by atoms with Gasteiger partial charge in [0.25, 0.3) is 0 Å². The predicted octanol–water partition coefficient (Wildman–Crippen LogP) is 2.32. The van der Waals surface area contributed by atoms with Crippen LogP contribution in [0.4, 0.5) is 0 Å². The predicted molar refractivity (Wildman–Crippen MR) is 45.6 cm³/mol. The van der Waals surface area contributed by atoms with Gasteiger partial charge < -0.3 is 5.21 Å². The standard InChI is InChI=1S/C9H19NO/c1-9(2)6-3-4-8(10-11)5-7-9/h8,10-11H,3-7H2,1-2H3. The van der Waals surface area contributed by atoms with Gasteiger partial charge in [-0.3, -0.25) is 0 Å². The molecular weight excluding hydrogens is 138 g/mol. The fraction of sp³-hybridized carbons (Fsp3) is 1.00. The van der Waals surface area contributed by atoms with Crippen LogP contribution in [0.3, 0.4) is 0 Å². The molecule has 0 aromatic carbocycles. The summed E-state index contributed by atoms with van der Waals surface area (Å²) in [5, 5.41) is 8.74. The lowest BCUT2D eigenvalue weighted by Crippen LogP contribution is -2.24. The van der Waals surface area contributed by atoms with Crippen LogP contribution in [-0.4, -0.2) is 11.2 Å². The highest BCUT2D eigenvalue weighted by Gasteiger charge is 2.23. The average Bonchev–Trinajstić information content (AvgIpc) is 2.10. The van der Waals surface area contributed by atoms with Gasteiger partial charge >= 0.3 is 0 Å². The van der Waals surface area contributed by atoms with Gasteiger partial charge in [-0.2, -0.15) is 0 Å². The summed E-state index contributed by atoms with van der Waals surface area (Å²) in [4.78, 5) is 0. The van der Waals surface area contributed by atoms with Crippen molar-refractivity contribution in [2.24, 2.45) is 5.41 Å². The second-order valence-corrected chi connectivity index (χ2v) is 4.42. The van der Waals surface area contributed by atoms with Crippen molar-refractivity contribution >= 4 is 0 Å². The Bertz CT molecular complexity index is 123. The number of hydroxylamine groups is 1. The number of hydrogen-bond acceptors (Lipinski definition) is 2. The van der Waals surface area contributed by atoms with Gasteiger partial charge in [-0.1, -0.05) is 20.3 Å². The Morgan fingerprint density at radius 2 is 2.00 bits per heavy atom. The van der Waals surface area contributed by atoms with E-state index >= 15 is 0 Å².